The Balaban J connectivity index is 2.11. The van der Waals surface area contributed by atoms with Gasteiger partial charge in [-0.05, 0) is 34.5 Å². The van der Waals surface area contributed by atoms with Gasteiger partial charge in [0.25, 0.3) is 5.91 Å². The summed E-state index contributed by atoms with van der Waals surface area (Å²) in [6, 6.07) is 3.28. The van der Waals surface area contributed by atoms with Crippen molar-refractivity contribution in [3.05, 3.63) is 34.1 Å². The van der Waals surface area contributed by atoms with Crippen molar-refractivity contribution in [1.29, 1.82) is 0 Å². The summed E-state index contributed by atoms with van der Waals surface area (Å²) in [5.41, 5.74) is 0.102. The highest BCUT2D eigenvalue weighted by atomic mass is 79.9. The third-order valence-corrected chi connectivity index (χ3v) is 3.55. The fraction of sp³-hybridized carbons (Fsp3) is 0.250. The average molecular weight is 329 g/mol. The molecule has 0 radical (unpaired) electrons. The molecule has 0 saturated carbocycles. The van der Waals surface area contributed by atoms with Crippen LogP contribution >= 0.6 is 15.9 Å². The number of hydrogen-bond acceptors (Lipinski definition) is 3. The van der Waals surface area contributed by atoms with E-state index in [1.54, 1.807) is 0 Å². The maximum absolute atomic E-state index is 13.3. The first-order valence-corrected chi connectivity index (χ1v) is 6.37. The normalized spacial score (nSPS) is 18.9. The Hall–Kier alpha value is -1.76. The zero-order valence-corrected chi connectivity index (χ0v) is 11.3. The molecule has 1 aromatic carbocycles. The molecule has 3 amide bonds. The smallest absolute Gasteiger partial charge is 0.253 e. The molecule has 1 aromatic rings. The topological polar surface area (TPSA) is 75.3 Å². The van der Waals surface area contributed by atoms with Crippen LogP contribution in [0.3, 0.4) is 0 Å². The fourth-order valence-electron chi connectivity index (χ4n) is 1.75. The summed E-state index contributed by atoms with van der Waals surface area (Å²) in [5, 5.41) is 4.61. The van der Waals surface area contributed by atoms with Crippen molar-refractivity contribution in [2.45, 2.75) is 18.9 Å². The van der Waals surface area contributed by atoms with Gasteiger partial charge >= 0.3 is 0 Å². The van der Waals surface area contributed by atoms with E-state index in [2.05, 4.69) is 26.6 Å². The fourth-order valence-corrected chi connectivity index (χ4v) is 2.19. The lowest BCUT2D eigenvalue weighted by Crippen LogP contribution is -2.52. The number of amides is 3. The molecule has 5 nitrogen and oxygen atoms in total. The van der Waals surface area contributed by atoms with Gasteiger partial charge in [0.05, 0.1) is 10.0 Å². The van der Waals surface area contributed by atoms with Gasteiger partial charge in [-0.25, -0.2) is 4.39 Å². The summed E-state index contributed by atoms with van der Waals surface area (Å²) in [7, 11) is 0. The second-order valence-corrected chi connectivity index (χ2v) is 4.87. The van der Waals surface area contributed by atoms with Gasteiger partial charge in [0.2, 0.25) is 11.8 Å². The molecule has 19 heavy (non-hydrogen) atoms. The van der Waals surface area contributed by atoms with Crippen molar-refractivity contribution < 1.29 is 18.8 Å². The number of hydrogen-bond donors (Lipinski definition) is 2. The van der Waals surface area contributed by atoms with E-state index in [0.29, 0.717) is 0 Å². The number of piperidine rings is 1. The third kappa shape index (κ3) is 2.98. The summed E-state index contributed by atoms with van der Waals surface area (Å²) in [5.74, 6) is -2.03. The highest BCUT2D eigenvalue weighted by molar-refractivity contribution is 9.10. The quantitative estimate of drug-likeness (QED) is 0.799. The summed E-state index contributed by atoms with van der Waals surface area (Å²) in [6.07, 6.45) is 0.407. The molecule has 1 saturated heterocycles. The van der Waals surface area contributed by atoms with Gasteiger partial charge in [-0.3, -0.25) is 19.7 Å². The summed E-state index contributed by atoms with van der Waals surface area (Å²) in [6.45, 7) is 0. The Kier molecular flexibility index (Phi) is 3.94. The Morgan fingerprint density at radius 1 is 1.42 bits per heavy atom. The number of halogens is 2. The molecule has 1 aliphatic rings. The number of imide groups is 1. The minimum atomic E-state index is -0.777. The minimum absolute atomic E-state index is 0.0415. The first-order chi connectivity index (χ1) is 8.99. The standard InChI is InChI=1S/C12H10BrFN2O3/c13-10-6(2-1-3-7(10)14)11(18)15-8-4-5-9(17)16-12(8)19/h1-3,8H,4-5H2,(H,15,18)(H,16,17,19). The van der Waals surface area contributed by atoms with Crippen molar-refractivity contribution in [3.63, 3.8) is 0 Å². The van der Waals surface area contributed by atoms with Crippen molar-refractivity contribution in [2.24, 2.45) is 0 Å². The zero-order valence-electron chi connectivity index (χ0n) is 9.70. The molecule has 100 valence electrons. The van der Waals surface area contributed by atoms with Gasteiger partial charge < -0.3 is 5.32 Å². The van der Waals surface area contributed by atoms with Gasteiger partial charge in [-0.2, -0.15) is 0 Å². The lowest BCUT2D eigenvalue weighted by Gasteiger charge is -2.22. The first-order valence-electron chi connectivity index (χ1n) is 5.57. The number of carbonyl (C=O) groups is 3. The Morgan fingerprint density at radius 3 is 2.84 bits per heavy atom. The van der Waals surface area contributed by atoms with Gasteiger partial charge in [-0.1, -0.05) is 6.07 Å². The second kappa shape index (κ2) is 5.48. The van der Waals surface area contributed by atoms with E-state index in [0.717, 1.165) is 0 Å². The number of rotatable bonds is 2. The van der Waals surface area contributed by atoms with Crippen LogP contribution in [0.25, 0.3) is 0 Å². The third-order valence-electron chi connectivity index (χ3n) is 2.74. The monoisotopic (exact) mass is 328 g/mol. The number of carbonyl (C=O) groups excluding carboxylic acids is 3. The summed E-state index contributed by atoms with van der Waals surface area (Å²) in [4.78, 5) is 34.4. The molecule has 1 atom stereocenters. The molecule has 1 fully saturated rings. The first kappa shape index (κ1) is 13.7. The zero-order chi connectivity index (χ0) is 14.0. The van der Waals surface area contributed by atoms with E-state index in [9.17, 15) is 18.8 Å². The molecule has 1 heterocycles. The Morgan fingerprint density at radius 2 is 2.16 bits per heavy atom. The number of benzene rings is 1. The molecule has 2 rings (SSSR count). The molecule has 1 unspecified atom stereocenters. The highest BCUT2D eigenvalue weighted by Crippen LogP contribution is 2.20. The second-order valence-electron chi connectivity index (χ2n) is 4.08. The minimum Gasteiger partial charge on any atom is -0.340 e. The van der Waals surface area contributed by atoms with Crippen LogP contribution in [0.4, 0.5) is 4.39 Å². The predicted octanol–water partition coefficient (Wildman–Crippen LogP) is 1.12. The molecule has 7 heteroatoms. The van der Waals surface area contributed by atoms with E-state index in [1.165, 1.54) is 18.2 Å². The van der Waals surface area contributed by atoms with Crippen molar-refractivity contribution in [3.8, 4) is 0 Å². The van der Waals surface area contributed by atoms with E-state index in [-0.39, 0.29) is 28.8 Å². The Labute approximate surface area is 116 Å². The Bertz CT molecular complexity index is 562. The number of nitrogens with one attached hydrogen (secondary N) is 2. The molecular formula is C12H10BrFN2O3. The van der Waals surface area contributed by atoms with Crippen LogP contribution < -0.4 is 10.6 Å². The average Bonchev–Trinajstić information content (AvgIpc) is 2.36. The van der Waals surface area contributed by atoms with Gasteiger partial charge in [0, 0.05) is 6.42 Å². The van der Waals surface area contributed by atoms with Gasteiger partial charge in [-0.15, -0.1) is 0 Å². The van der Waals surface area contributed by atoms with Crippen LogP contribution in [0.2, 0.25) is 0 Å². The maximum atomic E-state index is 13.3. The lowest BCUT2D eigenvalue weighted by atomic mass is 10.1. The van der Waals surface area contributed by atoms with Crippen molar-refractivity contribution in [1.82, 2.24) is 10.6 Å². The van der Waals surface area contributed by atoms with Crippen LogP contribution in [0.15, 0.2) is 22.7 Å². The molecular weight excluding hydrogens is 319 g/mol. The van der Waals surface area contributed by atoms with E-state index in [4.69, 9.17) is 0 Å². The summed E-state index contributed by atoms with van der Waals surface area (Å²) >= 11 is 2.98. The molecule has 0 aromatic heterocycles. The predicted molar refractivity (Wildman–Crippen MR) is 67.7 cm³/mol. The molecule has 0 spiro atoms. The largest absolute Gasteiger partial charge is 0.340 e. The summed E-state index contributed by atoms with van der Waals surface area (Å²) < 4.78 is 13.3. The van der Waals surface area contributed by atoms with Crippen molar-refractivity contribution >= 4 is 33.7 Å². The SMILES string of the molecule is O=C1CCC(NC(=O)c2cccc(F)c2Br)C(=O)N1. The maximum Gasteiger partial charge on any atom is 0.253 e. The van der Waals surface area contributed by atoms with Crippen LogP contribution in [-0.4, -0.2) is 23.8 Å². The van der Waals surface area contributed by atoms with E-state index >= 15 is 0 Å². The van der Waals surface area contributed by atoms with Crippen LogP contribution in [0.1, 0.15) is 23.2 Å². The van der Waals surface area contributed by atoms with Crippen LogP contribution in [-0.2, 0) is 9.59 Å². The van der Waals surface area contributed by atoms with Gasteiger partial charge in [0.1, 0.15) is 11.9 Å². The van der Waals surface area contributed by atoms with Crippen molar-refractivity contribution in [2.75, 3.05) is 0 Å². The molecule has 0 bridgehead atoms. The molecule has 0 aliphatic carbocycles. The lowest BCUT2D eigenvalue weighted by molar-refractivity contribution is -0.134. The van der Waals surface area contributed by atoms with Crippen LogP contribution in [0, 0.1) is 5.82 Å². The van der Waals surface area contributed by atoms with Gasteiger partial charge in [0.15, 0.2) is 0 Å². The van der Waals surface area contributed by atoms with E-state index < -0.39 is 23.7 Å². The molecule has 1 aliphatic heterocycles. The molecule has 2 N–H and O–H groups in total. The van der Waals surface area contributed by atoms with Crippen LogP contribution in [0.5, 0.6) is 0 Å². The van der Waals surface area contributed by atoms with E-state index in [1.807, 2.05) is 0 Å². The highest BCUT2D eigenvalue weighted by Gasteiger charge is 2.28.